The lowest BCUT2D eigenvalue weighted by Gasteiger charge is -2.62. The summed E-state index contributed by atoms with van der Waals surface area (Å²) in [4.78, 5) is 7.22. The van der Waals surface area contributed by atoms with Crippen LogP contribution in [0.15, 0.2) is 109 Å². The van der Waals surface area contributed by atoms with Crippen LogP contribution in [0.25, 0.3) is 22.3 Å². The molecule has 0 saturated heterocycles. The molecule has 4 unspecified atom stereocenters. The number of benzene rings is 3. The molecule has 42 heavy (non-hydrogen) atoms. The maximum absolute atomic E-state index is 3.61. The van der Waals surface area contributed by atoms with Crippen molar-refractivity contribution in [1.82, 2.24) is 9.97 Å². The Morgan fingerprint density at radius 1 is 0.690 bits per heavy atom. The van der Waals surface area contributed by atoms with Crippen molar-refractivity contribution < 1.29 is 0 Å². The second kappa shape index (κ2) is 11.0. The molecule has 9 rings (SSSR count). The maximum atomic E-state index is 3.61. The van der Waals surface area contributed by atoms with Crippen LogP contribution in [0, 0.1) is 23.7 Å². The maximum Gasteiger partial charge on any atom is 0.0448 e. The molecule has 4 atom stereocenters. The second-order valence-electron chi connectivity index (χ2n) is 13.1. The summed E-state index contributed by atoms with van der Waals surface area (Å²) in [5.74, 6) is 3.42. The van der Waals surface area contributed by atoms with E-state index in [0.29, 0.717) is 0 Å². The highest BCUT2D eigenvalue weighted by atomic mass is 31.1. The first-order valence-electron chi connectivity index (χ1n) is 15.7. The van der Waals surface area contributed by atoms with Crippen LogP contribution in [0.1, 0.15) is 43.2 Å². The summed E-state index contributed by atoms with van der Waals surface area (Å²) in [5.41, 5.74) is 11.6. The van der Waals surface area contributed by atoms with Crippen molar-refractivity contribution >= 4 is 28.0 Å². The molecule has 2 aromatic heterocycles. The van der Waals surface area contributed by atoms with E-state index >= 15 is 0 Å². The first-order valence-corrected chi connectivity index (χ1v) is 18.1. The highest BCUT2D eigenvalue weighted by molar-refractivity contribution is 7.71. The summed E-state index contributed by atoms with van der Waals surface area (Å²) in [6, 6.07) is 36.4. The highest BCUT2D eigenvalue weighted by Crippen LogP contribution is 2.65. The number of nitrogens with one attached hydrogen (secondary N) is 2. The van der Waals surface area contributed by atoms with Gasteiger partial charge < -0.3 is 9.97 Å². The van der Waals surface area contributed by atoms with Crippen LogP contribution in [0.5, 0.6) is 0 Å². The van der Waals surface area contributed by atoms with Crippen LogP contribution in [0.3, 0.4) is 0 Å². The van der Waals surface area contributed by atoms with E-state index < -0.39 is 7.92 Å². The number of aromatic nitrogens is 2. The molecular weight excluding hydrogens is 546 g/mol. The zero-order valence-electron chi connectivity index (χ0n) is 24.2. The highest BCUT2D eigenvalue weighted by Gasteiger charge is 2.57. The summed E-state index contributed by atoms with van der Waals surface area (Å²) in [6.45, 7) is 0. The molecule has 2 heterocycles. The number of hydrogen-bond donors (Lipinski definition) is 2. The standard InChI is InChI=1S/C38H40N2P2/c41-24-35-30-18-26-17-27(19-30)23-38(35,22-26)34-21-33(29-11-5-2-6-12-29)32(28-9-3-1-4-10-28)20-31(34)25-42(36-13-7-15-39-36)37-14-8-16-40-37/h1-16,20-21,26-27,30,35,39-40H,17-19,22-25,41H2. The van der Waals surface area contributed by atoms with Crippen LogP contribution < -0.4 is 10.9 Å². The molecule has 4 heteroatoms. The van der Waals surface area contributed by atoms with E-state index in [0.717, 1.165) is 29.8 Å². The second-order valence-corrected chi connectivity index (χ2v) is 15.7. The van der Waals surface area contributed by atoms with E-state index in [4.69, 9.17) is 0 Å². The molecule has 3 aromatic carbocycles. The van der Waals surface area contributed by atoms with Crippen LogP contribution in [0.2, 0.25) is 0 Å². The summed E-state index contributed by atoms with van der Waals surface area (Å²) >= 11 is 0. The normalized spacial score (nSPS) is 26.2. The Bertz CT molecular complexity index is 1590. The van der Waals surface area contributed by atoms with Crippen molar-refractivity contribution in [3.05, 3.63) is 121 Å². The van der Waals surface area contributed by atoms with Gasteiger partial charge in [-0.3, -0.25) is 0 Å². The monoisotopic (exact) mass is 586 g/mol. The zero-order valence-corrected chi connectivity index (χ0v) is 26.2. The molecule has 2 nitrogen and oxygen atoms in total. The minimum Gasteiger partial charge on any atom is -0.361 e. The van der Waals surface area contributed by atoms with E-state index in [9.17, 15) is 0 Å². The summed E-state index contributed by atoms with van der Waals surface area (Å²) < 4.78 is 0. The van der Waals surface area contributed by atoms with Gasteiger partial charge in [0.05, 0.1) is 0 Å². The van der Waals surface area contributed by atoms with Crippen molar-refractivity contribution in [2.45, 2.75) is 43.7 Å². The van der Waals surface area contributed by atoms with Gasteiger partial charge in [-0.1, -0.05) is 60.7 Å². The molecule has 0 aliphatic heterocycles. The molecule has 4 aliphatic rings. The molecular formula is C38H40N2P2. The molecule has 2 N–H and O–H groups in total. The Morgan fingerprint density at radius 2 is 1.26 bits per heavy atom. The largest absolute Gasteiger partial charge is 0.361 e. The van der Waals surface area contributed by atoms with Crippen molar-refractivity contribution in [3.8, 4) is 22.3 Å². The van der Waals surface area contributed by atoms with Crippen LogP contribution in [-0.2, 0) is 11.6 Å². The van der Waals surface area contributed by atoms with Crippen molar-refractivity contribution in [3.63, 3.8) is 0 Å². The molecule has 5 aromatic rings. The van der Waals surface area contributed by atoms with Crippen LogP contribution in [-0.4, -0.2) is 16.1 Å². The fraction of sp³-hybridized carbons (Fsp3) is 0.316. The lowest BCUT2D eigenvalue weighted by atomic mass is 9.43. The summed E-state index contributed by atoms with van der Waals surface area (Å²) in [7, 11) is 2.60. The first-order chi connectivity index (χ1) is 20.7. The molecule has 4 aliphatic carbocycles. The molecule has 0 amide bonds. The lowest BCUT2D eigenvalue weighted by Crippen LogP contribution is -2.56. The predicted octanol–water partition coefficient (Wildman–Crippen LogP) is 8.88. The van der Waals surface area contributed by atoms with Crippen LogP contribution in [0.4, 0.5) is 0 Å². The minimum atomic E-state index is -0.591. The predicted molar refractivity (Wildman–Crippen MR) is 182 cm³/mol. The van der Waals surface area contributed by atoms with Gasteiger partial charge in [-0.2, -0.15) is 0 Å². The van der Waals surface area contributed by atoms with Gasteiger partial charge in [-0.25, -0.2) is 0 Å². The fourth-order valence-corrected chi connectivity index (χ4v) is 12.4. The van der Waals surface area contributed by atoms with Crippen molar-refractivity contribution in [1.29, 1.82) is 0 Å². The van der Waals surface area contributed by atoms with E-state index in [1.807, 2.05) is 0 Å². The van der Waals surface area contributed by atoms with E-state index in [2.05, 4.69) is 129 Å². The molecule has 212 valence electrons. The van der Waals surface area contributed by atoms with Gasteiger partial charge in [0.15, 0.2) is 0 Å². The van der Waals surface area contributed by atoms with Gasteiger partial charge in [0.25, 0.3) is 0 Å². The SMILES string of the molecule is PCC1C2CC3CC(C2)CC1(c1cc(-c2ccccc2)c(-c2ccccc2)cc1CP(c1ccc[nH]1)c1ccc[nH]1)C3. The number of rotatable bonds is 8. The molecule has 4 fully saturated rings. The van der Waals surface area contributed by atoms with E-state index in [1.54, 1.807) is 11.1 Å². The van der Waals surface area contributed by atoms with Crippen LogP contribution >= 0.6 is 17.2 Å². The average molecular weight is 587 g/mol. The third-order valence-electron chi connectivity index (χ3n) is 10.8. The minimum absolute atomic E-state index is 0.275. The topological polar surface area (TPSA) is 31.6 Å². The Balaban J connectivity index is 1.38. The van der Waals surface area contributed by atoms with E-state index in [1.165, 1.54) is 71.4 Å². The average Bonchev–Trinajstić information content (AvgIpc) is 3.76. The third kappa shape index (κ3) is 4.54. The third-order valence-corrected chi connectivity index (χ3v) is 13.7. The number of aromatic amines is 2. The molecule has 4 saturated carbocycles. The molecule has 0 radical (unpaired) electrons. The van der Waals surface area contributed by atoms with Gasteiger partial charge in [-0.05, 0) is 145 Å². The van der Waals surface area contributed by atoms with Gasteiger partial charge in [0.2, 0.25) is 0 Å². The zero-order chi connectivity index (χ0) is 28.1. The summed E-state index contributed by atoms with van der Waals surface area (Å²) in [6.07, 6.45) is 13.6. The molecule has 4 bridgehead atoms. The van der Waals surface area contributed by atoms with Gasteiger partial charge in [-0.15, -0.1) is 9.24 Å². The Morgan fingerprint density at radius 3 is 1.79 bits per heavy atom. The van der Waals surface area contributed by atoms with Crippen molar-refractivity contribution in [2.24, 2.45) is 23.7 Å². The quantitative estimate of drug-likeness (QED) is 0.170. The van der Waals surface area contributed by atoms with Gasteiger partial charge >= 0.3 is 0 Å². The summed E-state index contributed by atoms with van der Waals surface area (Å²) in [5, 5.41) is 0. The Labute approximate surface area is 253 Å². The van der Waals surface area contributed by atoms with E-state index in [-0.39, 0.29) is 5.41 Å². The smallest absolute Gasteiger partial charge is 0.0448 e. The van der Waals surface area contributed by atoms with Crippen molar-refractivity contribution in [2.75, 3.05) is 6.16 Å². The lowest BCUT2D eigenvalue weighted by molar-refractivity contribution is -0.0520. The molecule has 0 spiro atoms. The Hall–Kier alpha value is -2.92. The number of H-pyrrole nitrogens is 2. The Kier molecular flexibility index (Phi) is 6.97. The fourth-order valence-electron chi connectivity index (χ4n) is 9.38. The number of hydrogen-bond acceptors (Lipinski definition) is 0. The van der Waals surface area contributed by atoms with Gasteiger partial charge in [0, 0.05) is 29.4 Å². The first kappa shape index (κ1) is 26.7. The van der Waals surface area contributed by atoms with Gasteiger partial charge in [0.1, 0.15) is 0 Å².